The van der Waals surface area contributed by atoms with Gasteiger partial charge in [-0.05, 0) is 18.9 Å². The molecule has 22 heavy (non-hydrogen) atoms. The molecule has 9 heteroatoms. The summed E-state index contributed by atoms with van der Waals surface area (Å²) in [6.07, 6.45) is 4.54. The highest BCUT2D eigenvalue weighted by atomic mass is 32.2. The average Bonchev–Trinajstić information content (AvgIpc) is 3.04. The minimum atomic E-state index is -3.91. The number of aromatic nitrogens is 1. The van der Waals surface area contributed by atoms with Crippen LogP contribution in [0.25, 0.3) is 0 Å². The fraction of sp³-hybridized carbons (Fsp3) is 0.538. The molecule has 0 unspecified atom stereocenters. The van der Waals surface area contributed by atoms with Crippen LogP contribution in [0.4, 0.5) is 0 Å². The summed E-state index contributed by atoms with van der Waals surface area (Å²) in [5.74, 6) is -1.42. The van der Waals surface area contributed by atoms with E-state index in [0.29, 0.717) is 12.8 Å². The molecule has 2 rings (SSSR count). The number of carbonyl (C=O) groups is 2. The third-order valence-electron chi connectivity index (χ3n) is 3.88. The number of nitrogens with zero attached hydrogens (tertiary/aromatic N) is 2. The lowest BCUT2D eigenvalue weighted by Gasteiger charge is -2.26. The maximum Gasteiger partial charge on any atom is 0.265 e. The zero-order chi connectivity index (χ0) is 16.5. The Labute approximate surface area is 129 Å². The number of rotatable bonds is 6. The first kappa shape index (κ1) is 16.5. The van der Waals surface area contributed by atoms with Crippen LogP contribution in [0, 0.1) is 0 Å². The highest BCUT2D eigenvalue weighted by molar-refractivity contribution is 7.89. The second kappa shape index (κ2) is 6.09. The van der Waals surface area contributed by atoms with E-state index in [1.54, 1.807) is 0 Å². The van der Waals surface area contributed by atoms with E-state index in [9.17, 15) is 18.0 Å². The third kappa shape index (κ3) is 3.14. The number of sulfonamides is 1. The summed E-state index contributed by atoms with van der Waals surface area (Å²) in [6, 6.07) is 0.982. The Morgan fingerprint density at radius 2 is 1.91 bits per heavy atom. The molecule has 1 aromatic rings. The van der Waals surface area contributed by atoms with Crippen LogP contribution in [0.3, 0.4) is 0 Å². The Balaban J connectivity index is 2.41. The number of carbonyl (C=O) groups excluding carboxylic acids is 2. The van der Waals surface area contributed by atoms with Gasteiger partial charge in [-0.3, -0.25) is 9.59 Å². The third-order valence-corrected chi connectivity index (χ3v) is 5.75. The molecule has 2 amide bonds. The highest BCUT2D eigenvalue weighted by Gasteiger charge is 2.35. The monoisotopic (exact) mass is 328 g/mol. The second-order valence-corrected chi connectivity index (χ2v) is 7.38. The van der Waals surface area contributed by atoms with Gasteiger partial charge < -0.3 is 16.0 Å². The van der Waals surface area contributed by atoms with Gasteiger partial charge in [0.05, 0.1) is 6.54 Å². The number of hydrogen-bond donors (Lipinski definition) is 2. The number of hydrogen-bond acceptors (Lipinski definition) is 4. The first-order valence-corrected chi connectivity index (χ1v) is 8.44. The largest absolute Gasteiger partial charge is 0.369 e. The number of amides is 2. The van der Waals surface area contributed by atoms with Crippen molar-refractivity contribution in [2.45, 2.75) is 36.6 Å². The summed E-state index contributed by atoms with van der Waals surface area (Å²) in [6.45, 7) is -0.367. The van der Waals surface area contributed by atoms with Gasteiger partial charge in [-0.2, -0.15) is 4.31 Å². The van der Waals surface area contributed by atoms with Gasteiger partial charge in [0, 0.05) is 19.3 Å². The van der Waals surface area contributed by atoms with Gasteiger partial charge in [0.25, 0.3) is 5.91 Å². The molecule has 0 spiro atoms. The van der Waals surface area contributed by atoms with Gasteiger partial charge >= 0.3 is 0 Å². The summed E-state index contributed by atoms with van der Waals surface area (Å²) in [7, 11) is -2.38. The highest BCUT2D eigenvalue weighted by Crippen LogP contribution is 2.29. The minimum absolute atomic E-state index is 0.0584. The summed E-state index contributed by atoms with van der Waals surface area (Å²) in [5.41, 5.74) is 10.5. The molecule has 0 radical (unpaired) electrons. The van der Waals surface area contributed by atoms with Crippen LogP contribution in [0.1, 0.15) is 36.2 Å². The van der Waals surface area contributed by atoms with Crippen LogP contribution in [0.5, 0.6) is 0 Å². The summed E-state index contributed by atoms with van der Waals surface area (Å²) in [5, 5.41) is 0. The van der Waals surface area contributed by atoms with Crippen LogP contribution < -0.4 is 11.5 Å². The van der Waals surface area contributed by atoms with Crippen molar-refractivity contribution in [3.63, 3.8) is 0 Å². The van der Waals surface area contributed by atoms with Crippen LogP contribution in [0.2, 0.25) is 0 Å². The fourth-order valence-electron chi connectivity index (χ4n) is 2.81. The first-order chi connectivity index (χ1) is 10.2. The Morgan fingerprint density at radius 3 is 2.36 bits per heavy atom. The molecule has 1 aromatic heterocycles. The Bertz CT molecular complexity index is 689. The summed E-state index contributed by atoms with van der Waals surface area (Å²) >= 11 is 0. The topological polar surface area (TPSA) is 128 Å². The van der Waals surface area contributed by atoms with E-state index in [4.69, 9.17) is 11.5 Å². The lowest BCUT2D eigenvalue weighted by molar-refractivity contribution is -0.118. The van der Waals surface area contributed by atoms with E-state index in [1.807, 2.05) is 0 Å². The van der Waals surface area contributed by atoms with Crippen LogP contribution in [-0.2, 0) is 21.9 Å². The molecule has 1 aliphatic carbocycles. The van der Waals surface area contributed by atoms with E-state index < -0.39 is 21.8 Å². The van der Waals surface area contributed by atoms with Crippen molar-refractivity contribution in [3.8, 4) is 0 Å². The predicted octanol–water partition coefficient (Wildman–Crippen LogP) is -0.457. The van der Waals surface area contributed by atoms with Gasteiger partial charge in [0.2, 0.25) is 15.9 Å². The van der Waals surface area contributed by atoms with Gasteiger partial charge in [0.1, 0.15) is 10.6 Å². The van der Waals surface area contributed by atoms with Crippen molar-refractivity contribution >= 4 is 21.8 Å². The van der Waals surface area contributed by atoms with Gasteiger partial charge in [0.15, 0.2) is 0 Å². The van der Waals surface area contributed by atoms with Gasteiger partial charge in [-0.1, -0.05) is 12.8 Å². The van der Waals surface area contributed by atoms with Crippen molar-refractivity contribution in [1.29, 1.82) is 0 Å². The molecule has 1 heterocycles. The number of primary amides is 2. The Morgan fingerprint density at radius 1 is 1.32 bits per heavy atom. The molecule has 8 nitrogen and oxygen atoms in total. The van der Waals surface area contributed by atoms with Gasteiger partial charge in [-0.15, -0.1) is 0 Å². The lowest BCUT2D eigenvalue weighted by Crippen LogP contribution is -2.43. The zero-order valence-electron chi connectivity index (χ0n) is 12.4. The van der Waals surface area contributed by atoms with Crippen molar-refractivity contribution in [3.05, 3.63) is 18.0 Å². The van der Waals surface area contributed by atoms with Crippen LogP contribution in [0.15, 0.2) is 17.2 Å². The maximum absolute atomic E-state index is 12.8. The minimum Gasteiger partial charge on any atom is -0.369 e. The smallest absolute Gasteiger partial charge is 0.265 e. The van der Waals surface area contributed by atoms with Crippen molar-refractivity contribution < 1.29 is 18.0 Å². The first-order valence-electron chi connectivity index (χ1n) is 7.00. The quantitative estimate of drug-likeness (QED) is 0.732. The molecule has 122 valence electrons. The maximum atomic E-state index is 12.8. The summed E-state index contributed by atoms with van der Waals surface area (Å²) in [4.78, 5) is 22.5. The molecule has 1 aliphatic rings. The molecule has 1 saturated carbocycles. The average molecular weight is 328 g/mol. The zero-order valence-corrected chi connectivity index (χ0v) is 13.2. The molecule has 0 saturated heterocycles. The molecule has 0 aromatic carbocycles. The van der Waals surface area contributed by atoms with E-state index in [0.717, 1.165) is 17.1 Å². The van der Waals surface area contributed by atoms with E-state index in [-0.39, 0.29) is 23.2 Å². The van der Waals surface area contributed by atoms with Crippen molar-refractivity contribution in [1.82, 2.24) is 8.87 Å². The number of aryl methyl sites for hydroxylation is 1. The molecule has 4 N–H and O–H groups in total. The lowest BCUT2D eigenvalue weighted by atomic mass is 10.2. The number of nitrogens with two attached hydrogens (primary N) is 2. The van der Waals surface area contributed by atoms with Gasteiger partial charge in [-0.25, -0.2) is 8.42 Å². The standard InChI is InChI=1S/C13H20N4O4S/c1-16-7-10(6-11(16)13(15)19)22(20,21)17(8-12(14)18)9-4-2-3-5-9/h6-7,9H,2-5,8H2,1H3,(H2,14,18)(H2,15,19). The second-order valence-electron chi connectivity index (χ2n) is 5.49. The SMILES string of the molecule is Cn1cc(S(=O)(=O)N(CC(N)=O)C2CCCC2)cc1C(N)=O. The van der Waals surface area contributed by atoms with Crippen molar-refractivity contribution in [2.75, 3.05) is 6.54 Å². The van der Waals surface area contributed by atoms with Crippen LogP contribution in [-0.4, -0.2) is 41.7 Å². The fourth-order valence-corrected chi connectivity index (χ4v) is 4.54. The van der Waals surface area contributed by atoms with Crippen molar-refractivity contribution in [2.24, 2.45) is 18.5 Å². The van der Waals surface area contributed by atoms with E-state index in [2.05, 4.69) is 0 Å². The molecule has 0 atom stereocenters. The van der Waals surface area contributed by atoms with E-state index in [1.165, 1.54) is 23.9 Å². The Hall–Kier alpha value is -1.87. The molecular formula is C13H20N4O4S. The van der Waals surface area contributed by atoms with E-state index >= 15 is 0 Å². The Kier molecular flexibility index (Phi) is 4.57. The molecule has 0 aliphatic heterocycles. The molecular weight excluding hydrogens is 308 g/mol. The summed E-state index contributed by atoms with van der Waals surface area (Å²) < 4.78 is 28.1. The molecule has 1 fully saturated rings. The predicted molar refractivity (Wildman–Crippen MR) is 79.3 cm³/mol. The molecule has 0 bridgehead atoms. The normalized spacial score (nSPS) is 16.3. The van der Waals surface area contributed by atoms with Crippen LogP contribution >= 0.6 is 0 Å².